The number of nitrogens with zero attached hydrogens (tertiary/aromatic N) is 3. The molecule has 0 saturated carbocycles. The molecule has 1 aliphatic heterocycles. The molecule has 0 atom stereocenters. The average Bonchev–Trinajstić information content (AvgIpc) is 3.56. The molecule has 1 aliphatic rings. The van der Waals surface area contributed by atoms with Crippen molar-refractivity contribution in [2.45, 2.75) is 59.3 Å². The zero-order chi connectivity index (χ0) is 29.1. The Labute approximate surface area is 241 Å². The molecule has 4 aromatic rings. The van der Waals surface area contributed by atoms with Crippen molar-refractivity contribution in [1.29, 1.82) is 0 Å². The SMILES string of the molecule is Cc1ccc(-n2nc(C(C)(C)C)cc2NC(=O)Nc2cccc(CC3CCN(C(=O)c4occc4C)CC3)c2)cc1. The highest BCUT2D eigenvalue weighted by Gasteiger charge is 2.26. The van der Waals surface area contributed by atoms with Crippen molar-refractivity contribution in [1.82, 2.24) is 14.7 Å². The van der Waals surface area contributed by atoms with Crippen molar-refractivity contribution in [3.8, 4) is 5.69 Å². The van der Waals surface area contributed by atoms with E-state index >= 15 is 0 Å². The Morgan fingerprint density at radius 3 is 2.37 bits per heavy atom. The Morgan fingerprint density at radius 1 is 0.976 bits per heavy atom. The number of hydrogen-bond acceptors (Lipinski definition) is 4. The highest BCUT2D eigenvalue weighted by atomic mass is 16.3. The number of hydrogen-bond donors (Lipinski definition) is 2. The second kappa shape index (κ2) is 11.6. The topological polar surface area (TPSA) is 92.4 Å². The van der Waals surface area contributed by atoms with E-state index in [2.05, 4.69) is 37.5 Å². The molecule has 0 unspecified atom stereocenters. The van der Waals surface area contributed by atoms with Gasteiger partial charge in [-0.05, 0) is 74.9 Å². The van der Waals surface area contributed by atoms with Crippen LogP contribution in [-0.2, 0) is 11.8 Å². The van der Waals surface area contributed by atoms with E-state index in [1.165, 1.54) is 0 Å². The van der Waals surface area contributed by atoms with Gasteiger partial charge in [0, 0.05) is 35.8 Å². The largest absolute Gasteiger partial charge is 0.459 e. The summed E-state index contributed by atoms with van der Waals surface area (Å²) in [7, 11) is 0. The standard InChI is InChI=1S/C33H39N5O3/c1-22-9-11-27(12-10-22)38-29(21-28(36-38)33(3,4)5)35-32(40)34-26-8-6-7-25(20-26)19-24-13-16-37(17-14-24)31(39)30-23(2)15-18-41-30/h6-12,15,18,20-21,24H,13-14,16-17,19H2,1-5H3,(H2,34,35,40). The molecule has 3 amide bonds. The van der Waals surface area contributed by atoms with Gasteiger partial charge in [-0.2, -0.15) is 5.10 Å². The molecule has 2 N–H and O–H groups in total. The molecule has 8 nitrogen and oxygen atoms in total. The molecule has 3 heterocycles. The molecule has 1 saturated heterocycles. The van der Waals surface area contributed by atoms with Crippen LogP contribution in [0.4, 0.5) is 16.3 Å². The summed E-state index contributed by atoms with van der Waals surface area (Å²) < 4.78 is 7.18. The minimum absolute atomic E-state index is 0.0264. The Hall–Kier alpha value is -4.33. The van der Waals surface area contributed by atoms with E-state index in [1.54, 1.807) is 10.9 Å². The molecule has 8 heteroatoms. The van der Waals surface area contributed by atoms with Gasteiger partial charge in [-0.1, -0.05) is 50.6 Å². The Balaban J connectivity index is 1.21. The van der Waals surface area contributed by atoms with Crippen LogP contribution >= 0.6 is 0 Å². The van der Waals surface area contributed by atoms with E-state index < -0.39 is 0 Å². The average molecular weight is 554 g/mol. The minimum atomic E-state index is -0.323. The monoisotopic (exact) mass is 553 g/mol. The van der Waals surface area contributed by atoms with Crippen LogP contribution in [0.25, 0.3) is 5.69 Å². The zero-order valence-electron chi connectivity index (χ0n) is 24.5. The number of rotatable bonds is 6. The molecule has 5 rings (SSSR count). The molecule has 0 spiro atoms. The maximum atomic E-state index is 13.1. The summed E-state index contributed by atoms with van der Waals surface area (Å²) in [4.78, 5) is 27.7. The number of nitrogens with one attached hydrogen (secondary N) is 2. The van der Waals surface area contributed by atoms with Crippen LogP contribution in [0.2, 0.25) is 0 Å². The molecular weight excluding hydrogens is 514 g/mol. The van der Waals surface area contributed by atoms with Crippen LogP contribution in [0.15, 0.2) is 71.3 Å². The molecule has 2 aromatic heterocycles. The van der Waals surface area contributed by atoms with Crippen LogP contribution in [0.5, 0.6) is 0 Å². The van der Waals surface area contributed by atoms with Gasteiger partial charge in [0.1, 0.15) is 5.82 Å². The van der Waals surface area contributed by atoms with Crippen LogP contribution in [0.3, 0.4) is 0 Å². The van der Waals surface area contributed by atoms with Gasteiger partial charge in [0.2, 0.25) is 0 Å². The molecule has 41 heavy (non-hydrogen) atoms. The van der Waals surface area contributed by atoms with Crippen molar-refractivity contribution in [3.63, 3.8) is 0 Å². The van der Waals surface area contributed by atoms with Crippen LogP contribution in [0.1, 0.15) is 66.6 Å². The lowest BCUT2D eigenvalue weighted by Crippen LogP contribution is -2.39. The van der Waals surface area contributed by atoms with Gasteiger partial charge in [-0.25, -0.2) is 9.48 Å². The summed E-state index contributed by atoms with van der Waals surface area (Å²) in [5.41, 5.74) is 5.54. The van der Waals surface area contributed by atoms with Crippen molar-refractivity contribution in [3.05, 3.63) is 95.1 Å². The number of carbonyl (C=O) groups excluding carboxylic acids is 2. The fourth-order valence-electron chi connectivity index (χ4n) is 5.18. The first-order valence-corrected chi connectivity index (χ1v) is 14.2. The maximum absolute atomic E-state index is 13.1. The first kappa shape index (κ1) is 28.2. The third kappa shape index (κ3) is 6.70. The smallest absolute Gasteiger partial charge is 0.324 e. The maximum Gasteiger partial charge on any atom is 0.324 e. The lowest BCUT2D eigenvalue weighted by atomic mass is 9.90. The van der Waals surface area contributed by atoms with Gasteiger partial charge >= 0.3 is 6.03 Å². The Morgan fingerprint density at radius 2 is 1.71 bits per heavy atom. The summed E-state index contributed by atoms with van der Waals surface area (Å²) in [6, 6.07) is 19.5. The first-order chi connectivity index (χ1) is 19.6. The third-order valence-corrected chi connectivity index (χ3v) is 7.67. The number of aryl methyl sites for hydroxylation is 2. The number of amides is 3. The third-order valence-electron chi connectivity index (χ3n) is 7.67. The number of likely N-dealkylation sites (tertiary alicyclic amines) is 1. The number of carbonyl (C=O) groups is 2. The summed E-state index contributed by atoms with van der Waals surface area (Å²) in [6.07, 6.45) is 4.33. The second-order valence-electron chi connectivity index (χ2n) is 12.1. The number of furan rings is 1. The van der Waals surface area contributed by atoms with Crippen LogP contribution in [-0.4, -0.2) is 39.7 Å². The fraction of sp³-hybridized carbons (Fsp3) is 0.364. The number of benzene rings is 2. The summed E-state index contributed by atoms with van der Waals surface area (Å²) in [5.74, 6) is 1.50. The zero-order valence-corrected chi connectivity index (χ0v) is 24.5. The summed E-state index contributed by atoms with van der Waals surface area (Å²) >= 11 is 0. The molecule has 2 aromatic carbocycles. The van der Waals surface area contributed by atoms with Gasteiger partial charge in [0.05, 0.1) is 17.6 Å². The van der Waals surface area contributed by atoms with Gasteiger partial charge in [0.15, 0.2) is 5.76 Å². The van der Waals surface area contributed by atoms with Gasteiger partial charge < -0.3 is 14.6 Å². The van der Waals surface area contributed by atoms with Crippen molar-refractivity contribution in [2.75, 3.05) is 23.7 Å². The first-order valence-electron chi connectivity index (χ1n) is 14.2. The Kier molecular flexibility index (Phi) is 8.01. The van der Waals surface area contributed by atoms with Gasteiger partial charge in [-0.15, -0.1) is 0 Å². The van der Waals surface area contributed by atoms with Gasteiger partial charge in [-0.3, -0.25) is 10.1 Å². The highest BCUT2D eigenvalue weighted by Crippen LogP contribution is 2.28. The Bertz CT molecular complexity index is 1520. The molecule has 0 radical (unpaired) electrons. The molecule has 1 fully saturated rings. The summed E-state index contributed by atoms with van der Waals surface area (Å²) in [6.45, 7) is 11.7. The lowest BCUT2D eigenvalue weighted by molar-refractivity contribution is 0.0657. The second-order valence-corrected chi connectivity index (χ2v) is 12.1. The predicted octanol–water partition coefficient (Wildman–Crippen LogP) is 7.12. The summed E-state index contributed by atoms with van der Waals surface area (Å²) in [5, 5.41) is 10.8. The number of anilines is 2. The molecule has 214 valence electrons. The molecular formula is C33H39N5O3. The van der Waals surface area contributed by atoms with E-state index in [1.807, 2.05) is 73.3 Å². The fourth-order valence-corrected chi connectivity index (χ4v) is 5.18. The van der Waals surface area contributed by atoms with Gasteiger partial charge in [0.25, 0.3) is 5.91 Å². The number of urea groups is 1. The van der Waals surface area contributed by atoms with Crippen molar-refractivity contribution < 1.29 is 14.0 Å². The van der Waals surface area contributed by atoms with E-state index in [-0.39, 0.29) is 17.4 Å². The lowest BCUT2D eigenvalue weighted by Gasteiger charge is -2.31. The normalized spacial score (nSPS) is 14.2. The predicted molar refractivity (Wildman–Crippen MR) is 162 cm³/mol. The van der Waals surface area contributed by atoms with E-state index in [0.717, 1.165) is 66.1 Å². The van der Waals surface area contributed by atoms with E-state index in [4.69, 9.17) is 9.52 Å². The molecule has 0 bridgehead atoms. The molecule has 0 aliphatic carbocycles. The number of piperidine rings is 1. The van der Waals surface area contributed by atoms with E-state index in [0.29, 0.717) is 17.5 Å². The van der Waals surface area contributed by atoms with Crippen LogP contribution < -0.4 is 10.6 Å². The quantitative estimate of drug-likeness (QED) is 0.266. The minimum Gasteiger partial charge on any atom is -0.459 e. The van der Waals surface area contributed by atoms with Crippen LogP contribution in [0, 0.1) is 19.8 Å². The van der Waals surface area contributed by atoms with E-state index in [9.17, 15) is 9.59 Å². The van der Waals surface area contributed by atoms with Crippen molar-refractivity contribution >= 4 is 23.4 Å². The number of aromatic nitrogens is 2. The highest BCUT2D eigenvalue weighted by molar-refractivity contribution is 5.99. The van der Waals surface area contributed by atoms with Crippen molar-refractivity contribution in [2.24, 2.45) is 5.92 Å².